The number of hydrogen-bond donors (Lipinski definition) is 1. The molecule has 6 rings (SSSR count). The summed E-state index contributed by atoms with van der Waals surface area (Å²) in [6, 6.07) is 31.8. The van der Waals surface area contributed by atoms with E-state index in [1.165, 1.54) is 12.5 Å². The van der Waals surface area contributed by atoms with E-state index in [4.69, 9.17) is 16.9 Å². The van der Waals surface area contributed by atoms with Crippen molar-refractivity contribution in [3.05, 3.63) is 108 Å². The number of halogens is 5. The first-order chi connectivity index (χ1) is 29.0. The van der Waals surface area contributed by atoms with Gasteiger partial charge in [0.2, 0.25) is 17.1 Å². The molecule has 11 nitrogen and oxygen atoms in total. The second-order valence-electron chi connectivity index (χ2n) is 17.6. The molecule has 0 aromatic heterocycles. The van der Waals surface area contributed by atoms with Gasteiger partial charge in [-0.3, -0.25) is 28.5 Å². The van der Waals surface area contributed by atoms with E-state index in [0.717, 1.165) is 22.2 Å². The zero-order chi connectivity index (χ0) is 48.3. The van der Waals surface area contributed by atoms with E-state index in [1.54, 1.807) is 36.7 Å². The van der Waals surface area contributed by atoms with Gasteiger partial charge in [0.1, 0.15) is 10.4 Å². The number of hydrogen-bond acceptors (Lipinski definition) is 9. The van der Waals surface area contributed by atoms with Crippen LogP contribution >= 0.6 is 77.2 Å². The molecule has 1 N–H and O–H groups in total. The Bertz CT molecular complexity index is 2070. The maximum absolute atomic E-state index is 12.4. The highest BCUT2D eigenvalue weighted by atomic mass is 80.0. The summed E-state index contributed by atoms with van der Waals surface area (Å²) >= 11 is 16.8. The monoisotopic (exact) mass is 1160 g/mol. The topological polar surface area (TPSA) is 157 Å². The minimum atomic E-state index is -2.20. The molecule has 3 atom stereocenters. The Labute approximate surface area is 411 Å². The third-order valence-electron chi connectivity index (χ3n) is 8.91. The summed E-state index contributed by atoms with van der Waals surface area (Å²) in [5, 5.41) is 16.1. The number of Topliss-reactive ketones (excluding diaryl/α,β-unsaturated/α-hetero) is 2. The Morgan fingerprint density at radius 3 is 1.43 bits per heavy atom. The third-order valence-corrected chi connectivity index (χ3v) is 9.96. The molecule has 0 radical (unpaired) electrons. The van der Waals surface area contributed by atoms with E-state index in [0.29, 0.717) is 25.2 Å². The van der Waals surface area contributed by atoms with Gasteiger partial charge in [0.25, 0.3) is 3.25 Å². The Balaban J connectivity index is 0.000000412. The van der Waals surface area contributed by atoms with Crippen molar-refractivity contribution in [1.82, 2.24) is 15.2 Å². The van der Waals surface area contributed by atoms with Gasteiger partial charge in [-0.25, -0.2) is 5.01 Å². The second-order valence-corrected chi connectivity index (χ2v) is 37.2. The van der Waals surface area contributed by atoms with Crippen molar-refractivity contribution in [2.45, 2.75) is 107 Å². The second kappa shape index (κ2) is 27.0. The molecule has 3 aromatic rings. The molecule has 0 aliphatic carbocycles. The predicted octanol–water partition coefficient (Wildman–Crippen LogP) is 13.2. The zero-order valence-electron chi connectivity index (χ0n) is 37.5. The number of amides is 2. The van der Waals surface area contributed by atoms with Crippen LogP contribution in [0.4, 0.5) is 0 Å². The van der Waals surface area contributed by atoms with Crippen LogP contribution in [0, 0.1) is 27.6 Å². The molecule has 3 unspecified atom stereocenters. The number of nitrogens with one attached hydrogen (secondary N) is 1. The van der Waals surface area contributed by atoms with Crippen molar-refractivity contribution >= 4 is 110 Å². The summed E-state index contributed by atoms with van der Waals surface area (Å²) in [4.78, 5) is 59.4. The van der Waals surface area contributed by atoms with Crippen LogP contribution in [0.5, 0.6) is 0 Å². The van der Waals surface area contributed by atoms with Crippen LogP contribution in [-0.2, 0) is 28.5 Å². The minimum absolute atomic E-state index is 0.00676. The molecule has 3 heterocycles. The number of carbonyl (C=O) groups is 5. The highest BCUT2D eigenvalue weighted by molar-refractivity contribution is 9.94. The van der Waals surface area contributed by atoms with E-state index >= 15 is 0 Å². The number of rotatable bonds is 3. The summed E-state index contributed by atoms with van der Waals surface area (Å²) in [7, 11) is 0. The van der Waals surface area contributed by atoms with Gasteiger partial charge in [0.05, 0.1) is 31.2 Å². The smallest absolute Gasteiger partial charge is 0.268 e. The number of benzene rings is 3. The summed E-state index contributed by atoms with van der Waals surface area (Å²) in [6.07, 6.45) is 1.82. The van der Waals surface area contributed by atoms with Crippen molar-refractivity contribution < 1.29 is 28.5 Å². The van der Waals surface area contributed by atoms with Gasteiger partial charge < -0.3 is 10.2 Å². The molecule has 2 amide bonds. The van der Waals surface area contributed by atoms with Crippen molar-refractivity contribution in [3.63, 3.8) is 0 Å². The zero-order valence-corrected chi connectivity index (χ0v) is 45.5. The van der Waals surface area contributed by atoms with E-state index in [1.807, 2.05) is 120 Å². The Kier molecular flexibility index (Phi) is 24.9. The SMILES string of the molecule is CC#N.CC(C)(C)C(=O)Cl.CC(C)(C)C(=O)N1CC(=O)CC1c1ccccc1.CC(C)(C)C(=O)N1N=C(Br)CC1c1ccccc1.O=C1CNC(c2ccccc2)C1.O=P(Br)(Br)Br. The van der Waals surface area contributed by atoms with E-state index in [9.17, 15) is 28.5 Å². The average molecular weight is 1160 g/mol. The van der Waals surface area contributed by atoms with Crippen LogP contribution in [0.2, 0.25) is 0 Å². The van der Waals surface area contributed by atoms with Crippen LogP contribution in [0.15, 0.2) is 96.1 Å². The van der Waals surface area contributed by atoms with Crippen LogP contribution in [-0.4, -0.2) is 56.2 Å². The standard InChI is InChI=1S/C15H19NO2.C14H17BrN2O.C10H11NO.C5H9ClO.C2H3N.Br3OP/c1-15(2,3)14(18)16-10-12(17)9-13(16)11-7-5-4-6-8-11;1-14(2,3)13(18)17-11(9-12(15)16-17)10-7-5-4-6-8-10;12-9-6-10(11-7-9)8-4-2-1-3-5-8;1-5(2,3)4(6)7;1-2-3;1-5(2,3)4/h4-8,13H,9-10H2,1-3H3;4-8,11H,9H2,1-3H3;1-5,10-11H,6-7H2;1-3H3;1H3;. The first-order valence-electron chi connectivity index (χ1n) is 20.0. The largest absolute Gasteiger partial charge is 0.327 e. The highest BCUT2D eigenvalue weighted by Gasteiger charge is 2.39. The summed E-state index contributed by atoms with van der Waals surface area (Å²) in [5.74, 6) is 0.540. The first-order valence-corrected chi connectivity index (χ1v) is 28.9. The molecular formula is C46H59Br4ClN5O6P. The normalized spacial score (nSPS) is 18.2. The molecule has 2 saturated heterocycles. The van der Waals surface area contributed by atoms with Crippen LogP contribution in [0.1, 0.15) is 123 Å². The molecule has 3 aliphatic heterocycles. The predicted molar refractivity (Wildman–Crippen MR) is 269 cm³/mol. The van der Waals surface area contributed by atoms with Crippen molar-refractivity contribution in [3.8, 4) is 6.07 Å². The van der Waals surface area contributed by atoms with Crippen LogP contribution < -0.4 is 5.32 Å². The third kappa shape index (κ3) is 22.8. The highest BCUT2D eigenvalue weighted by Crippen LogP contribution is 2.68. The fourth-order valence-electron chi connectivity index (χ4n) is 5.78. The quantitative estimate of drug-likeness (QED) is 0.201. The van der Waals surface area contributed by atoms with Crippen LogP contribution in [0.3, 0.4) is 0 Å². The Hall–Kier alpha value is -2.83. The lowest BCUT2D eigenvalue weighted by atomic mass is 9.93. The number of nitrogens with zero attached hydrogens (tertiary/aromatic N) is 4. The molecule has 2 fully saturated rings. The maximum Gasteiger partial charge on any atom is 0.268 e. The van der Waals surface area contributed by atoms with Gasteiger partial charge in [-0.1, -0.05) is 153 Å². The van der Waals surface area contributed by atoms with Gasteiger partial charge in [-0.05, 0) is 44.2 Å². The van der Waals surface area contributed by atoms with Crippen molar-refractivity contribution in [2.75, 3.05) is 13.1 Å². The number of nitriles is 1. The van der Waals surface area contributed by atoms with E-state index < -0.39 is 14.1 Å². The first kappa shape index (κ1) is 58.2. The Morgan fingerprint density at radius 1 is 0.698 bits per heavy atom. The molecule has 63 heavy (non-hydrogen) atoms. The Morgan fingerprint density at radius 2 is 1.08 bits per heavy atom. The molecule has 0 saturated carbocycles. The molecule has 17 heteroatoms. The fourth-order valence-corrected chi connectivity index (χ4v) is 6.25. The van der Waals surface area contributed by atoms with Crippen LogP contribution in [0.25, 0.3) is 0 Å². The lowest BCUT2D eigenvalue weighted by Crippen LogP contribution is -2.39. The molecular weight excluding hydrogens is 1100 g/mol. The molecule has 3 aliphatic rings. The van der Waals surface area contributed by atoms with E-state index in [2.05, 4.69) is 84.9 Å². The lowest BCUT2D eigenvalue weighted by molar-refractivity contribution is -0.141. The van der Waals surface area contributed by atoms with Gasteiger partial charge >= 0.3 is 0 Å². The number of likely N-dealkylation sites (tertiary alicyclic amines) is 1. The number of hydrazone groups is 1. The van der Waals surface area contributed by atoms with Gasteiger partial charge in [-0.15, -0.1) is 0 Å². The van der Waals surface area contributed by atoms with Crippen molar-refractivity contribution in [1.29, 1.82) is 5.26 Å². The van der Waals surface area contributed by atoms with Crippen molar-refractivity contribution in [2.24, 2.45) is 21.3 Å². The molecule has 0 spiro atoms. The van der Waals surface area contributed by atoms with Gasteiger partial charge in [0.15, 0.2) is 5.78 Å². The average Bonchev–Trinajstić information content (AvgIpc) is 3.92. The van der Waals surface area contributed by atoms with Gasteiger partial charge in [-0.2, -0.15) is 10.4 Å². The fraction of sp³-hybridized carbons (Fsp3) is 0.457. The van der Waals surface area contributed by atoms with Gasteiger partial charge in [0, 0.05) is 94.9 Å². The molecule has 344 valence electrons. The summed E-state index contributed by atoms with van der Waals surface area (Å²) in [6.45, 7) is 19.0. The minimum Gasteiger partial charge on any atom is -0.327 e. The molecule has 3 aromatic carbocycles. The summed E-state index contributed by atoms with van der Waals surface area (Å²) in [5.41, 5.74) is 2.13. The summed E-state index contributed by atoms with van der Waals surface area (Å²) < 4.78 is 8.59. The lowest BCUT2D eigenvalue weighted by Gasteiger charge is -2.30. The molecule has 0 bridgehead atoms. The van der Waals surface area contributed by atoms with E-state index in [-0.39, 0.29) is 52.9 Å². The maximum atomic E-state index is 12.4. The number of carbonyl (C=O) groups excluding carboxylic acids is 5. The number of ketones is 2.